The molecule has 0 radical (unpaired) electrons. The van der Waals surface area contributed by atoms with E-state index >= 15 is 0 Å². The zero-order valence-corrected chi connectivity index (χ0v) is 9.44. The van der Waals surface area contributed by atoms with Gasteiger partial charge in [0.25, 0.3) is 0 Å². The summed E-state index contributed by atoms with van der Waals surface area (Å²) in [5, 5.41) is 0. The SMILES string of the molecule is CC1CC[C@](C)(N(C)C)C1(C)C. The van der Waals surface area contributed by atoms with Gasteiger partial charge >= 0.3 is 0 Å². The monoisotopic (exact) mass is 169 g/mol. The maximum Gasteiger partial charge on any atom is 0.0228 e. The van der Waals surface area contributed by atoms with Gasteiger partial charge in [0.15, 0.2) is 0 Å². The highest BCUT2D eigenvalue weighted by Gasteiger charge is 2.50. The van der Waals surface area contributed by atoms with E-state index in [2.05, 4.69) is 46.7 Å². The van der Waals surface area contributed by atoms with E-state index in [1.165, 1.54) is 12.8 Å². The van der Waals surface area contributed by atoms with Gasteiger partial charge in [0.1, 0.15) is 0 Å². The molecular weight excluding hydrogens is 146 g/mol. The van der Waals surface area contributed by atoms with Crippen LogP contribution in [-0.2, 0) is 0 Å². The molecule has 1 heteroatoms. The molecular formula is C11H23N. The van der Waals surface area contributed by atoms with Gasteiger partial charge in [0.2, 0.25) is 0 Å². The molecule has 1 rings (SSSR count). The molecule has 0 aromatic heterocycles. The van der Waals surface area contributed by atoms with Gasteiger partial charge < -0.3 is 4.90 Å². The molecule has 0 saturated heterocycles. The lowest BCUT2D eigenvalue weighted by atomic mass is 9.71. The van der Waals surface area contributed by atoms with Gasteiger partial charge in [-0.1, -0.05) is 20.8 Å². The van der Waals surface area contributed by atoms with Crippen LogP contribution in [0.25, 0.3) is 0 Å². The summed E-state index contributed by atoms with van der Waals surface area (Å²) < 4.78 is 0. The van der Waals surface area contributed by atoms with E-state index in [9.17, 15) is 0 Å². The van der Waals surface area contributed by atoms with E-state index in [0.717, 1.165) is 5.92 Å². The molecule has 1 saturated carbocycles. The van der Waals surface area contributed by atoms with E-state index in [4.69, 9.17) is 0 Å². The average Bonchev–Trinajstić information content (AvgIpc) is 2.15. The van der Waals surface area contributed by atoms with E-state index in [1.54, 1.807) is 0 Å². The van der Waals surface area contributed by atoms with Gasteiger partial charge in [-0.25, -0.2) is 0 Å². The van der Waals surface area contributed by atoms with Crippen LogP contribution >= 0.6 is 0 Å². The molecule has 1 aliphatic rings. The number of hydrogen-bond acceptors (Lipinski definition) is 1. The molecule has 0 bridgehead atoms. The minimum absolute atomic E-state index is 0.395. The topological polar surface area (TPSA) is 3.24 Å². The van der Waals surface area contributed by atoms with Crippen LogP contribution in [0.15, 0.2) is 0 Å². The minimum atomic E-state index is 0.395. The first kappa shape index (κ1) is 10.0. The van der Waals surface area contributed by atoms with Crippen molar-refractivity contribution in [1.29, 1.82) is 0 Å². The van der Waals surface area contributed by atoms with Gasteiger partial charge in [-0.05, 0) is 45.2 Å². The molecule has 1 aliphatic carbocycles. The van der Waals surface area contributed by atoms with Crippen molar-refractivity contribution in [3.63, 3.8) is 0 Å². The summed E-state index contributed by atoms with van der Waals surface area (Å²) in [6, 6.07) is 0. The standard InChI is InChI=1S/C11H23N/c1-9-7-8-11(4,12(5)6)10(9,2)3/h9H,7-8H2,1-6H3/t9?,11-/m0/s1. The van der Waals surface area contributed by atoms with Crippen molar-refractivity contribution < 1.29 is 0 Å². The lowest BCUT2D eigenvalue weighted by Crippen LogP contribution is -2.50. The molecule has 1 nitrogen and oxygen atoms in total. The van der Waals surface area contributed by atoms with Crippen molar-refractivity contribution in [3.05, 3.63) is 0 Å². The maximum atomic E-state index is 2.41. The Hall–Kier alpha value is -0.0400. The molecule has 0 N–H and O–H groups in total. The van der Waals surface area contributed by atoms with Crippen LogP contribution in [0.1, 0.15) is 40.5 Å². The zero-order valence-electron chi connectivity index (χ0n) is 9.44. The molecule has 0 heterocycles. The molecule has 0 aromatic rings. The highest BCUT2D eigenvalue weighted by atomic mass is 15.2. The number of hydrogen-bond donors (Lipinski definition) is 0. The molecule has 0 aromatic carbocycles. The second-order valence-electron chi connectivity index (χ2n) is 5.33. The fourth-order valence-corrected chi connectivity index (χ4v) is 2.51. The van der Waals surface area contributed by atoms with E-state index in [1.807, 2.05) is 0 Å². The Kier molecular flexibility index (Phi) is 2.28. The number of nitrogens with zero attached hydrogens (tertiary/aromatic N) is 1. The Balaban J connectivity index is 2.93. The summed E-state index contributed by atoms with van der Waals surface area (Å²) in [6.07, 6.45) is 2.72. The van der Waals surface area contributed by atoms with Crippen molar-refractivity contribution in [2.24, 2.45) is 11.3 Å². The number of rotatable bonds is 1. The third-order valence-electron chi connectivity index (χ3n) is 4.67. The first-order valence-corrected chi connectivity index (χ1v) is 5.00. The Morgan fingerprint density at radius 3 is 1.83 bits per heavy atom. The zero-order chi connectivity index (χ0) is 9.57. The summed E-state index contributed by atoms with van der Waals surface area (Å²) >= 11 is 0. The second kappa shape index (κ2) is 2.73. The molecule has 12 heavy (non-hydrogen) atoms. The Labute approximate surface area is 77.1 Å². The molecule has 0 amide bonds. The molecule has 1 fully saturated rings. The fraction of sp³-hybridized carbons (Fsp3) is 1.00. The molecule has 72 valence electrons. The predicted molar refractivity (Wildman–Crippen MR) is 54.3 cm³/mol. The summed E-state index contributed by atoms with van der Waals surface area (Å²) in [6.45, 7) is 9.60. The van der Waals surface area contributed by atoms with Crippen LogP contribution in [0, 0.1) is 11.3 Å². The van der Waals surface area contributed by atoms with Crippen LogP contribution in [0.5, 0.6) is 0 Å². The molecule has 0 aliphatic heterocycles. The summed E-state index contributed by atoms with van der Waals surface area (Å²) in [5.74, 6) is 0.852. The van der Waals surface area contributed by atoms with Crippen LogP contribution in [0.3, 0.4) is 0 Å². The Morgan fingerprint density at radius 1 is 1.17 bits per heavy atom. The maximum absolute atomic E-state index is 2.41. The first-order valence-electron chi connectivity index (χ1n) is 5.00. The average molecular weight is 169 g/mol. The van der Waals surface area contributed by atoms with E-state index in [-0.39, 0.29) is 0 Å². The summed E-state index contributed by atoms with van der Waals surface area (Å²) in [5.41, 5.74) is 0.850. The Bertz CT molecular complexity index is 172. The van der Waals surface area contributed by atoms with E-state index < -0.39 is 0 Å². The molecule has 0 spiro atoms. The van der Waals surface area contributed by atoms with Gasteiger partial charge in [0.05, 0.1) is 0 Å². The molecule has 1 unspecified atom stereocenters. The Morgan fingerprint density at radius 2 is 1.67 bits per heavy atom. The summed E-state index contributed by atoms with van der Waals surface area (Å²) in [4.78, 5) is 2.40. The van der Waals surface area contributed by atoms with Gasteiger partial charge in [-0.3, -0.25) is 0 Å². The largest absolute Gasteiger partial charge is 0.303 e. The fourth-order valence-electron chi connectivity index (χ4n) is 2.51. The van der Waals surface area contributed by atoms with Crippen LogP contribution < -0.4 is 0 Å². The highest BCUT2D eigenvalue weighted by Crippen LogP contribution is 2.51. The van der Waals surface area contributed by atoms with Gasteiger partial charge in [-0.15, -0.1) is 0 Å². The van der Waals surface area contributed by atoms with Crippen molar-refractivity contribution >= 4 is 0 Å². The lowest BCUT2D eigenvalue weighted by Gasteiger charge is -2.46. The van der Waals surface area contributed by atoms with E-state index in [0.29, 0.717) is 11.0 Å². The summed E-state index contributed by atoms with van der Waals surface area (Å²) in [7, 11) is 4.42. The van der Waals surface area contributed by atoms with Gasteiger partial charge in [0, 0.05) is 5.54 Å². The van der Waals surface area contributed by atoms with Crippen molar-refractivity contribution in [2.45, 2.75) is 46.1 Å². The van der Waals surface area contributed by atoms with Crippen molar-refractivity contribution in [3.8, 4) is 0 Å². The first-order chi connectivity index (χ1) is 5.32. The minimum Gasteiger partial charge on any atom is -0.303 e. The van der Waals surface area contributed by atoms with Crippen molar-refractivity contribution in [1.82, 2.24) is 4.90 Å². The highest BCUT2D eigenvalue weighted by molar-refractivity contribution is 5.04. The molecule has 2 atom stereocenters. The second-order valence-corrected chi connectivity index (χ2v) is 5.33. The van der Waals surface area contributed by atoms with Crippen LogP contribution in [-0.4, -0.2) is 24.5 Å². The van der Waals surface area contributed by atoms with Crippen molar-refractivity contribution in [2.75, 3.05) is 14.1 Å². The quantitative estimate of drug-likeness (QED) is 0.583. The predicted octanol–water partition coefficient (Wildman–Crippen LogP) is 2.76. The van der Waals surface area contributed by atoms with Crippen LogP contribution in [0.4, 0.5) is 0 Å². The van der Waals surface area contributed by atoms with Gasteiger partial charge in [-0.2, -0.15) is 0 Å². The normalized spacial score (nSPS) is 40.8. The van der Waals surface area contributed by atoms with Crippen LogP contribution in [0.2, 0.25) is 0 Å². The third-order valence-corrected chi connectivity index (χ3v) is 4.67. The lowest BCUT2D eigenvalue weighted by molar-refractivity contribution is 0.0430. The smallest absolute Gasteiger partial charge is 0.0228 e. The third kappa shape index (κ3) is 1.10.